The van der Waals surface area contributed by atoms with E-state index in [2.05, 4.69) is 20.6 Å². The van der Waals surface area contributed by atoms with E-state index < -0.39 is 9.84 Å². The van der Waals surface area contributed by atoms with Gasteiger partial charge in [0.2, 0.25) is 5.95 Å². The molecule has 2 fully saturated rings. The standard InChI is InChI=1S/C15H24N4O2S/c20-22(21)10-8-13(11-22)18-15-16-9-7-14(19-15)17-12-5-3-1-2-4-6-12/h7,9,12-13H,1-6,8,10-11H2,(H2,16,17,18,19). The maximum Gasteiger partial charge on any atom is 0.224 e. The van der Waals surface area contributed by atoms with E-state index in [1.807, 2.05) is 6.07 Å². The zero-order chi connectivity index (χ0) is 15.4. The zero-order valence-electron chi connectivity index (χ0n) is 12.8. The molecule has 2 heterocycles. The Morgan fingerprint density at radius 2 is 1.77 bits per heavy atom. The molecule has 1 atom stereocenters. The van der Waals surface area contributed by atoms with E-state index in [-0.39, 0.29) is 17.5 Å². The van der Waals surface area contributed by atoms with Gasteiger partial charge in [-0.3, -0.25) is 0 Å². The van der Waals surface area contributed by atoms with E-state index in [1.165, 1.54) is 38.5 Å². The van der Waals surface area contributed by atoms with Gasteiger partial charge in [-0.05, 0) is 25.3 Å². The molecule has 0 bridgehead atoms. The highest BCUT2D eigenvalue weighted by atomic mass is 32.2. The molecule has 2 aliphatic rings. The first kappa shape index (κ1) is 15.5. The van der Waals surface area contributed by atoms with Gasteiger partial charge in [0.25, 0.3) is 0 Å². The Morgan fingerprint density at radius 1 is 1.00 bits per heavy atom. The van der Waals surface area contributed by atoms with Gasteiger partial charge in [0.1, 0.15) is 5.82 Å². The number of anilines is 2. The van der Waals surface area contributed by atoms with Gasteiger partial charge in [0, 0.05) is 18.3 Å². The number of hydrogen-bond acceptors (Lipinski definition) is 6. The van der Waals surface area contributed by atoms with Gasteiger partial charge in [-0.15, -0.1) is 0 Å². The molecule has 1 aliphatic heterocycles. The lowest BCUT2D eigenvalue weighted by atomic mass is 10.1. The maximum absolute atomic E-state index is 11.5. The van der Waals surface area contributed by atoms with Crippen molar-refractivity contribution in [3.8, 4) is 0 Å². The number of nitrogens with zero attached hydrogens (tertiary/aromatic N) is 2. The SMILES string of the molecule is O=S1(=O)CCC(Nc2nccc(NC3CCCCCC3)n2)C1. The van der Waals surface area contributed by atoms with E-state index in [1.54, 1.807) is 6.20 Å². The van der Waals surface area contributed by atoms with Crippen LogP contribution in [0.2, 0.25) is 0 Å². The van der Waals surface area contributed by atoms with Crippen molar-refractivity contribution >= 4 is 21.6 Å². The van der Waals surface area contributed by atoms with Crippen LogP contribution in [0.25, 0.3) is 0 Å². The van der Waals surface area contributed by atoms with Gasteiger partial charge in [0.15, 0.2) is 9.84 Å². The van der Waals surface area contributed by atoms with Gasteiger partial charge >= 0.3 is 0 Å². The van der Waals surface area contributed by atoms with Gasteiger partial charge < -0.3 is 10.6 Å². The molecular weight excluding hydrogens is 300 g/mol. The minimum atomic E-state index is -2.89. The molecule has 1 unspecified atom stereocenters. The van der Waals surface area contributed by atoms with Crippen molar-refractivity contribution in [2.24, 2.45) is 0 Å². The third-order valence-corrected chi connectivity index (χ3v) is 6.20. The molecule has 1 aliphatic carbocycles. The summed E-state index contributed by atoms with van der Waals surface area (Å²) < 4.78 is 23.0. The third kappa shape index (κ3) is 4.32. The molecule has 1 aromatic rings. The van der Waals surface area contributed by atoms with Crippen LogP contribution in [0.4, 0.5) is 11.8 Å². The molecule has 22 heavy (non-hydrogen) atoms. The maximum atomic E-state index is 11.5. The van der Waals surface area contributed by atoms with Gasteiger partial charge in [-0.1, -0.05) is 25.7 Å². The topological polar surface area (TPSA) is 84.0 Å². The summed E-state index contributed by atoms with van der Waals surface area (Å²) in [6.45, 7) is 0. The minimum Gasteiger partial charge on any atom is -0.367 e. The van der Waals surface area contributed by atoms with Gasteiger partial charge in [-0.2, -0.15) is 4.98 Å². The largest absolute Gasteiger partial charge is 0.367 e. The molecule has 0 aromatic carbocycles. The highest BCUT2D eigenvalue weighted by Crippen LogP contribution is 2.21. The Bertz CT molecular complexity index is 597. The van der Waals surface area contributed by atoms with Crippen molar-refractivity contribution in [2.75, 3.05) is 22.1 Å². The molecule has 0 spiro atoms. The predicted octanol–water partition coefficient (Wildman–Crippen LogP) is 2.21. The first-order valence-electron chi connectivity index (χ1n) is 8.17. The van der Waals surface area contributed by atoms with Crippen molar-refractivity contribution < 1.29 is 8.42 Å². The van der Waals surface area contributed by atoms with Crippen LogP contribution < -0.4 is 10.6 Å². The highest BCUT2D eigenvalue weighted by Gasteiger charge is 2.28. The third-order valence-electron chi connectivity index (χ3n) is 4.43. The van der Waals surface area contributed by atoms with Crippen LogP contribution in [-0.2, 0) is 9.84 Å². The average molecular weight is 324 g/mol. The molecule has 1 saturated carbocycles. The Hall–Kier alpha value is -1.37. The lowest BCUT2D eigenvalue weighted by Gasteiger charge is -2.17. The summed E-state index contributed by atoms with van der Waals surface area (Å²) in [6.07, 6.45) is 9.92. The predicted molar refractivity (Wildman–Crippen MR) is 87.8 cm³/mol. The molecule has 7 heteroatoms. The molecule has 1 aromatic heterocycles. The van der Waals surface area contributed by atoms with E-state index >= 15 is 0 Å². The summed E-state index contributed by atoms with van der Waals surface area (Å²) in [6, 6.07) is 2.29. The van der Waals surface area contributed by atoms with Crippen molar-refractivity contribution in [3.63, 3.8) is 0 Å². The van der Waals surface area contributed by atoms with Gasteiger partial charge in [-0.25, -0.2) is 13.4 Å². The van der Waals surface area contributed by atoms with E-state index in [9.17, 15) is 8.42 Å². The van der Waals surface area contributed by atoms with Crippen LogP contribution in [-0.4, -0.2) is 42.0 Å². The fourth-order valence-electron chi connectivity index (χ4n) is 3.23. The average Bonchev–Trinajstić information content (AvgIpc) is 2.67. The summed E-state index contributed by atoms with van der Waals surface area (Å²) in [4.78, 5) is 8.69. The summed E-state index contributed by atoms with van der Waals surface area (Å²) in [5.74, 6) is 1.77. The second-order valence-electron chi connectivity index (χ2n) is 6.34. The van der Waals surface area contributed by atoms with Crippen molar-refractivity contribution in [1.82, 2.24) is 9.97 Å². The second kappa shape index (κ2) is 6.81. The number of rotatable bonds is 4. The van der Waals surface area contributed by atoms with Crippen molar-refractivity contribution in [1.29, 1.82) is 0 Å². The zero-order valence-corrected chi connectivity index (χ0v) is 13.6. The fourth-order valence-corrected chi connectivity index (χ4v) is 4.91. The first-order chi connectivity index (χ1) is 10.6. The van der Waals surface area contributed by atoms with Crippen LogP contribution in [0, 0.1) is 0 Å². The monoisotopic (exact) mass is 324 g/mol. The Morgan fingerprint density at radius 3 is 2.45 bits per heavy atom. The van der Waals surface area contributed by atoms with Crippen LogP contribution in [0.5, 0.6) is 0 Å². The smallest absolute Gasteiger partial charge is 0.224 e. The number of hydrogen-bond donors (Lipinski definition) is 2. The van der Waals surface area contributed by atoms with Crippen LogP contribution in [0.3, 0.4) is 0 Å². The molecule has 1 saturated heterocycles. The molecule has 3 rings (SSSR count). The quantitative estimate of drug-likeness (QED) is 0.826. The van der Waals surface area contributed by atoms with Crippen molar-refractivity contribution in [3.05, 3.63) is 12.3 Å². The molecule has 0 amide bonds. The number of aromatic nitrogens is 2. The Labute approximate surface area is 132 Å². The van der Waals surface area contributed by atoms with Crippen LogP contribution in [0.1, 0.15) is 44.9 Å². The van der Waals surface area contributed by atoms with Crippen molar-refractivity contribution in [2.45, 2.75) is 57.0 Å². The molecule has 0 radical (unpaired) electrons. The molecule has 2 N–H and O–H groups in total. The number of nitrogens with one attached hydrogen (secondary N) is 2. The number of sulfone groups is 1. The van der Waals surface area contributed by atoms with Crippen LogP contribution in [0.15, 0.2) is 12.3 Å². The Kier molecular flexibility index (Phi) is 4.81. The lowest BCUT2D eigenvalue weighted by molar-refractivity contribution is 0.602. The molecule has 6 nitrogen and oxygen atoms in total. The normalized spacial score (nSPS) is 25.5. The summed E-state index contributed by atoms with van der Waals surface area (Å²) in [5, 5.41) is 6.64. The van der Waals surface area contributed by atoms with Crippen LogP contribution >= 0.6 is 0 Å². The van der Waals surface area contributed by atoms with E-state index in [0.29, 0.717) is 18.4 Å². The summed E-state index contributed by atoms with van der Waals surface area (Å²) in [7, 11) is -2.89. The molecule has 122 valence electrons. The summed E-state index contributed by atoms with van der Waals surface area (Å²) >= 11 is 0. The lowest BCUT2D eigenvalue weighted by Crippen LogP contribution is -2.23. The Balaban J connectivity index is 1.60. The fraction of sp³-hybridized carbons (Fsp3) is 0.733. The van der Waals surface area contributed by atoms with Gasteiger partial charge in [0.05, 0.1) is 11.5 Å². The second-order valence-corrected chi connectivity index (χ2v) is 8.57. The van der Waals surface area contributed by atoms with E-state index in [4.69, 9.17) is 0 Å². The first-order valence-corrected chi connectivity index (χ1v) is 9.99. The molecular formula is C15H24N4O2S. The van der Waals surface area contributed by atoms with E-state index in [0.717, 1.165) is 5.82 Å². The highest BCUT2D eigenvalue weighted by molar-refractivity contribution is 7.91. The minimum absolute atomic E-state index is 0.0712. The summed E-state index contributed by atoms with van der Waals surface area (Å²) in [5.41, 5.74) is 0.